The molecule has 1 heterocycles. The lowest BCUT2D eigenvalue weighted by Crippen LogP contribution is -2.19. The number of carbonyl (C=O) groups is 1. The van der Waals surface area contributed by atoms with E-state index in [1.165, 1.54) is 6.20 Å². The van der Waals surface area contributed by atoms with Gasteiger partial charge in [0.05, 0.1) is 11.8 Å². The van der Waals surface area contributed by atoms with Crippen molar-refractivity contribution in [2.75, 3.05) is 32.6 Å². The number of nitrogens with one attached hydrogen (secondary N) is 2. The number of rotatable bonds is 6. The topological polar surface area (TPSA) is 70.2 Å². The highest BCUT2D eigenvalue weighted by Gasteiger charge is 2.06. The van der Waals surface area contributed by atoms with Crippen molar-refractivity contribution in [1.29, 1.82) is 0 Å². The number of aromatic amines is 1. The molecule has 2 N–H and O–H groups in total. The van der Waals surface area contributed by atoms with Gasteiger partial charge in [0.1, 0.15) is 12.4 Å². The van der Waals surface area contributed by atoms with Crippen molar-refractivity contribution in [3.05, 3.63) is 42.2 Å². The second-order valence-electron chi connectivity index (χ2n) is 4.62. The number of hydrogen-bond donors (Lipinski definition) is 2. The lowest BCUT2D eigenvalue weighted by atomic mass is 10.2. The summed E-state index contributed by atoms with van der Waals surface area (Å²) in [6.45, 7) is 1.49. The minimum absolute atomic E-state index is 0.194. The molecule has 106 valence electrons. The highest BCUT2D eigenvalue weighted by atomic mass is 16.5. The first-order valence-electron chi connectivity index (χ1n) is 6.33. The van der Waals surface area contributed by atoms with Crippen molar-refractivity contribution in [2.24, 2.45) is 0 Å². The third kappa shape index (κ3) is 4.10. The van der Waals surface area contributed by atoms with E-state index >= 15 is 0 Å². The Labute approximate surface area is 117 Å². The molecule has 1 aromatic carbocycles. The molecule has 0 aliphatic heterocycles. The van der Waals surface area contributed by atoms with Crippen LogP contribution in [-0.2, 0) is 0 Å². The van der Waals surface area contributed by atoms with Crippen molar-refractivity contribution in [3.8, 4) is 5.75 Å². The standard InChI is InChI=1S/C14H18N4O2/c1-18(2)7-8-20-13-5-3-12(4-6-13)17-14(19)11-9-15-16-10-11/h3-6,9-10H,7-8H2,1-2H3,(H,15,16)(H,17,19). The number of H-pyrrole nitrogens is 1. The molecule has 0 atom stereocenters. The second kappa shape index (κ2) is 6.72. The zero-order chi connectivity index (χ0) is 14.4. The molecule has 0 bridgehead atoms. The molecule has 1 aromatic heterocycles. The monoisotopic (exact) mass is 274 g/mol. The number of aromatic nitrogens is 2. The van der Waals surface area contributed by atoms with E-state index in [1.807, 2.05) is 38.4 Å². The number of anilines is 1. The maximum absolute atomic E-state index is 11.8. The number of likely N-dealkylation sites (N-methyl/N-ethyl adjacent to an activating group) is 1. The summed E-state index contributed by atoms with van der Waals surface area (Å²) in [4.78, 5) is 13.9. The molecule has 0 saturated heterocycles. The fraction of sp³-hybridized carbons (Fsp3) is 0.286. The smallest absolute Gasteiger partial charge is 0.258 e. The number of carbonyl (C=O) groups excluding carboxylic acids is 1. The maximum atomic E-state index is 11.8. The van der Waals surface area contributed by atoms with Crippen LogP contribution in [0.4, 0.5) is 5.69 Å². The van der Waals surface area contributed by atoms with Gasteiger partial charge in [-0.3, -0.25) is 9.89 Å². The fourth-order valence-electron chi connectivity index (χ4n) is 1.56. The molecule has 0 radical (unpaired) electrons. The summed E-state index contributed by atoms with van der Waals surface area (Å²) in [5.41, 5.74) is 1.22. The quantitative estimate of drug-likeness (QED) is 0.839. The van der Waals surface area contributed by atoms with Gasteiger partial charge >= 0.3 is 0 Å². The van der Waals surface area contributed by atoms with Crippen LogP contribution >= 0.6 is 0 Å². The average Bonchev–Trinajstić information content (AvgIpc) is 2.94. The van der Waals surface area contributed by atoms with Crippen molar-refractivity contribution in [3.63, 3.8) is 0 Å². The molecular weight excluding hydrogens is 256 g/mol. The Kier molecular flexibility index (Phi) is 4.73. The van der Waals surface area contributed by atoms with E-state index in [-0.39, 0.29) is 5.91 Å². The first-order chi connectivity index (χ1) is 9.65. The zero-order valence-corrected chi connectivity index (χ0v) is 11.6. The highest BCUT2D eigenvalue weighted by Crippen LogP contribution is 2.16. The third-order valence-corrected chi connectivity index (χ3v) is 2.68. The van der Waals surface area contributed by atoms with Crippen LogP contribution in [0.25, 0.3) is 0 Å². The van der Waals surface area contributed by atoms with Gasteiger partial charge in [-0.25, -0.2) is 0 Å². The summed E-state index contributed by atoms with van der Waals surface area (Å²) in [5.74, 6) is 0.591. The molecule has 0 unspecified atom stereocenters. The van der Waals surface area contributed by atoms with Gasteiger partial charge in [0.25, 0.3) is 5.91 Å². The van der Waals surface area contributed by atoms with E-state index < -0.39 is 0 Å². The summed E-state index contributed by atoms with van der Waals surface area (Å²) < 4.78 is 5.58. The van der Waals surface area contributed by atoms with E-state index in [4.69, 9.17) is 4.74 Å². The number of nitrogens with zero attached hydrogens (tertiary/aromatic N) is 2. The van der Waals surface area contributed by atoms with Crippen LogP contribution < -0.4 is 10.1 Å². The maximum Gasteiger partial charge on any atom is 0.258 e. The minimum atomic E-state index is -0.194. The molecule has 0 aliphatic carbocycles. The zero-order valence-electron chi connectivity index (χ0n) is 11.6. The van der Waals surface area contributed by atoms with Gasteiger partial charge in [0, 0.05) is 18.4 Å². The molecule has 6 nitrogen and oxygen atoms in total. The number of ether oxygens (including phenoxy) is 1. The average molecular weight is 274 g/mol. The summed E-state index contributed by atoms with van der Waals surface area (Å²) in [5, 5.41) is 9.12. The molecule has 0 fully saturated rings. The van der Waals surface area contributed by atoms with Crippen LogP contribution in [0.1, 0.15) is 10.4 Å². The van der Waals surface area contributed by atoms with E-state index in [9.17, 15) is 4.79 Å². The van der Waals surface area contributed by atoms with Crippen molar-refractivity contribution < 1.29 is 9.53 Å². The van der Waals surface area contributed by atoms with E-state index in [0.717, 1.165) is 18.0 Å². The van der Waals surface area contributed by atoms with Gasteiger partial charge in [-0.15, -0.1) is 0 Å². The van der Waals surface area contributed by atoms with Crippen molar-refractivity contribution in [1.82, 2.24) is 15.1 Å². The van der Waals surface area contributed by atoms with E-state index in [2.05, 4.69) is 20.4 Å². The van der Waals surface area contributed by atoms with Gasteiger partial charge in [-0.05, 0) is 38.4 Å². The molecule has 0 saturated carbocycles. The summed E-state index contributed by atoms with van der Waals surface area (Å²) in [7, 11) is 4.00. The van der Waals surface area contributed by atoms with Crippen LogP contribution in [0.5, 0.6) is 5.75 Å². The van der Waals surface area contributed by atoms with Gasteiger partial charge in [0.2, 0.25) is 0 Å². The first-order valence-corrected chi connectivity index (χ1v) is 6.33. The Morgan fingerprint density at radius 2 is 2.10 bits per heavy atom. The summed E-state index contributed by atoms with van der Waals surface area (Å²) >= 11 is 0. The largest absolute Gasteiger partial charge is 0.492 e. The van der Waals surface area contributed by atoms with Crippen molar-refractivity contribution >= 4 is 11.6 Å². The molecule has 20 heavy (non-hydrogen) atoms. The first kappa shape index (κ1) is 14.1. The number of amides is 1. The lowest BCUT2D eigenvalue weighted by molar-refractivity contribution is 0.102. The van der Waals surface area contributed by atoms with Crippen LogP contribution in [0, 0.1) is 0 Å². The molecule has 2 aromatic rings. The number of hydrogen-bond acceptors (Lipinski definition) is 4. The normalized spacial score (nSPS) is 10.6. The predicted octanol–water partition coefficient (Wildman–Crippen LogP) is 1.60. The Bertz CT molecular complexity index is 535. The molecule has 0 aliphatic rings. The van der Waals surface area contributed by atoms with Gasteiger partial charge in [0.15, 0.2) is 0 Å². The van der Waals surface area contributed by atoms with Crippen LogP contribution in [0.2, 0.25) is 0 Å². The second-order valence-corrected chi connectivity index (χ2v) is 4.62. The van der Waals surface area contributed by atoms with Crippen LogP contribution in [0.15, 0.2) is 36.7 Å². The van der Waals surface area contributed by atoms with Crippen LogP contribution in [0.3, 0.4) is 0 Å². The molecular formula is C14H18N4O2. The third-order valence-electron chi connectivity index (χ3n) is 2.68. The van der Waals surface area contributed by atoms with Gasteiger partial charge in [-0.2, -0.15) is 5.10 Å². The Hall–Kier alpha value is -2.34. The van der Waals surface area contributed by atoms with E-state index in [0.29, 0.717) is 12.2 Å². The van der Waals surface area contributed by atoms with E-state index in [1.54, 1.807) is 6.20 Å². The highest BCUT2D eigenvalue weighted by molar-refractivity contribution is 6.03. The summed E-state index contributed by atoms with van der Waals surface area (Å²) in [6.07, 6.45) is 3.03. The predicted molar refractivity (Wildman–Crippen MR) is 77.0 cm³/mol. The SMILES string of the molecule is CN(C)CCOc1ccc(NC(=O)c2cn[nH]c2)cc1. The Morgan fingerprint density at radius 1 is 1.35 bits per heavy atom. The minimum Gasteiger partial charge on any atom is -0.492 e. The summed E-state index contributed by atoms with van der Waals surface area (Å²) in [6, 6.07) is 7.28. The molecule has 2 rings (SSSR count). The van der Waals surface area contributed by atoms with Crippen LogP contribution in [-0.4, -0.2) is 48.3 Å². The Balaban J connectivity index is 1.87. The lowest BCUT2D eigenvalue weighted by Gasteiger charge is -2.11. The van der Waals surface area contributed by atoms with Crippen molar-refractivity contribution in [2.45, 2.75) is 0 Å². The molecule has 0 spiro atoms. The number of benzene rings is 1. The fourth-order valence-corrected chi connectivity index (χ4v) is 1.56. The van der Waals surface area contributed by atoms with Gasteiger partial charge in [-0.1, -0.05) is 0 Å². The van der Waals surface area contributed by atoms with Gasteiger partial charge < -0.3 is 15.0 Å². The Morgan fingerprint density at radius 3 is 2.70 bits per heavy atom. The molecule has 1 amide bonds. The molecule has 6 heteroatoms.